The van der Waals surface area contributed by atoms with Crippen LogP contribution in [0, 0.1) is 0 Å². The van der Waals surface area contributed by atoms with Crippen LogP contribution in [0.15, 0.2) is 0 Å². The normalized spacial score (nSPS) is 13.6. The average Bonchev–Trinajstić information content (AvgIpc) is 3.05. The van der Waals surface area contributed by atoms with Gasteiger partial charge in [0, 0.05) is 39.4 Å². The number of methoxy groups -OCH3 is 1. The molecule has 0 aliphatic heterocycles. The van der Waals surface area contributed by atoms with Crippen molar-refractivity contribution >= 4 is 22.9 Å². The third-order valence-corrected chi connectivity index (χ3v) is 5.12. The number of urea groups is 1. The molecule has 27 heavy (non-hydrogen) atoms. The van der Waals surface area contributed by atoms with Gasteiger partial charge in [0.1, 0.15) is 11.3 Å². The van der Waals surface area contributed by atoms with Crippen molar-refractivity contribution in [1.82, 2.24) is 25.2 Å². The molecule has 2 aromatic rings. The van der Waals surface area contributed by atoms with Gasteiger partial charge in [0.2, 0.25) is 0 Å². The van der Waals surface area contributed by atoms with E-state index < -0.39 is 0 Å². The maximum absolute atomic E-state index is 11.3. The lowest BCUT2D eigenvalue weighted by molar-refractivity contribution is 0.199. The molecule has 0 fully saturated rings. The van der Waals surface area contributed by atoms with E-state index in [9.17, 15) is 4.79 Å². The van der Waals surface area contributed by atoms with Crippen molar-refractivity contribution in [1.29, 1.82) is 0 Å². The van der Waals surface area contributed by atoms with Crippen LogP contribution in [-0.4, -0.2) is 47.9 Å². The molecule has 2 aromatic heterocycles. The molecule has 0 bridgehead atoms. The Morgan fingerprint density at radius 3 is 2.85 bits per heavy atom. The summed E-state index contributed by atoms with van der Waals surface area (Å²) >= 11 is 0. The molecule has 0 unspecified atom stereocenters. The van der Waals surface area contributed by atoms with E-state index in [1.165, 1.54) is 18.4 Å². The molecule has 8 nitrogen and oxygen atoms in total. The smallest absolute Gasteiger partial charge is 0.314 e. The van der Waals surface area contributed by atoms with Crippen LogP contribution in [0.1, 0.15) is 42.8 Å². The van der Waals surface area contributed by atoms with E-state index in [-0.39, 0.29) is 6.03 Å². The molecular weight excluding hydrogens is 344 g/mol. The van der Waals surface area contributed by atoms with E-state index in [1.54, 1.807) is 14.2 Å². The molecule has 0 atom stereocenters. The molecule has 3 rings (SSSR count). The van der Waals surface area contributed by atoms with Gasteiger partial charge in [-0.15, -0.1) is 0 Å². The lowest BCUT2D eigenvalue weighted by Crippen LogP contribution is -2.33. The maximum atomic E-state index is 11.3. The summed E-state index contributed by atoms with van der Waals surface area (Å²) < 4.78 is 7.57. The predicted molar refractivity (Wildman–Crippen MR) is 106 cm³/mol. The Hall–Kier alpha value is -2.35. The van der Waals surface area contributed by atoms with Gasteiger partial charge in [-0.05, 0) is 44.1 Å². The van der Waals surface area contributed by atoms with Crippen LogP contribution in [0.2, 0.25) is 0 Å². The van der Waals surface area contributed by atoms with Crippen LogP contribution in [0.4, 0.5) is 10.6 Å². The molecular formula is C19H30N6O2. The Morgan fingerprint density at radius 1 is 1.26 bits per heavy atom. The van der Waals surface area contributed by atoms with Gasteiger partial charge in [0.05, 0.1) is 12.1 Å². The van der Waals surface area contributed by atoms with Gasteiger partial charge in [-0.1, -0.05) is 0 Å². The second kappa shape index (κ2) is 9.03. The zero-order chi connectivity index (χ0) is 19.2. The van der Waals surface area contributed by atoms with Crippen LogP contribution in [0.25, 0.3) is 11.0 Å². The van der Waals surface area contributed by atoms with E-state index in [0.717, 1.165) is 61.2 Å². The van der Waals surface area contributed by atoms with Crippen molar-refractivity contribution in [2.45, 2.75) is 51.5 Å². The summed E-state index contributed by atoms with van der Waals surface area (Å²) in [7, 11) is 3.33. The number of carbonyl (C=O) groups is 1. The van der Waals surface area contributed by atoms with Crippen molar-refractivity contribution in [3.05, 3.63) is 17.1 Å². The summed E-state index contributed by atoms with van der Waals surface area (Å²) in [5.74, 6) is 1.53. The van der Waals surface area contributed by atoms with Crippen LogP contribution in [0.3, 0.4) is 0 Å². The minimum absolute atomic E-state index is 0.142. The first-order valence-electron chi connectivity index (χ1n) is 9.76. The maximum Gasteiger partial charge on any atom is 0.314 e. The topological polar surface area (TPSA) is 107 Å². The van der Waals surface area contributed by atoms with Gasteiger partial charge >= 0.3 is 6.03 Å². The largest absolute Gasteiger partial charge is 0.384 e. The number of ether oxygens (including phenoxy) is 1. The first kappa shape index (κ1) is 19.4. The van der Waals surface area contributed by atoms with Gasteiger partial charge in [-0.2, -0.15) is 0 Å². The fraction of sp³-hybridized carbons (Fsp3) is 0.632. The number of fused-ring (bicyclic) bond motifs is 3. The molecule has 1 aliphatic carbocycles. The number of unbranched alkanes of at least 4 members (excludes halogenated alkanes) is 1. The fourth-order valence-corrected chi connectivity index (χ4v) is 3.76. The number of hydrogen-bond donors (Lipinski definition) is 3. The second-order valence-electron chi connectivity index (χ2n) is 6.96. The number of nitrogens with two attached hydrogens (primary N) is 1. The number of aryl methyl sites for hydroxylation is 3. The number of aromatic nitrogens is 3. The third kappa shape index (κ3) is 4.32. The number of anilines is 1. The van der Waals surface area contributed by atoms with Gasteiger partial charge in [0.15, 0.2) is 5.82 Å². The van der Waals surface area contributed by atoms with Gasteiger partial charge < -0.3 is 25.7 Å². The fourth-order valence-electron chi connectivity index (χ4n) is 3.76. The van der Waals surface area contributed by atoms with Crippen LogP contribution >= 0.6 is 0 Å². The second-order valence-corrected chi connectivity index (χ2v) is 6.96. The highest BCUT2D eigenvalue weighted by Crippen LogP contribution is 2.31. The lowest BCUT2D eigenvalue weighted by atomic mass is 9.95. The molecule has 2 heterocycles. The first-order valence-corrected chi connectivity index (χ1v) is 9.76. The highest BCUT2D eigenvalue weighted by atomic mass is 16.5. The molecule has 148 valence electrons. The Balaban J connectivity index is 1.85. The highest BCUT2D eigenvalue weighted by Gasteiger charge is 2.22. The predicted octanol–water partition coefficient (Wildman–Crippen LogP) is 1.79. The quantitative estimate of drug-likeness (QED) is 0.611. The molecule has 0 radical (unpaired) electrons. The summed E-state index contributed by atoms with van der Waals surface area (Å²) in [5.41, 5.74) is 10.7. The first-order chi connectivity index (χ1) is 13.2. The van der Waals surface area contributed by atoms with E-state index >= 15 is 0 Å². The molecule has 2 amide bonds. The van der Waals surface area contributed by atoms with Crippen molar-refractivity contribution in [3.8, 4) is 0 Å². The van der Waals surface area contributed by atoms with Gasteiger partial charge in [0.25, 0.3) is 0 Å². The molecule has 1 aliphatic rings. The number of nitrogens with one attached hydrogen (secondary N) is 2. The summed E-state index contributed by atoms with van der Waals surface area (Å²) in [6.45, 7) is 2.12. The molecule has 8 heteroatoms. The minimum Gasteiger partial charge on any atom is -0.384 e. The molecule has 0 aromatic carbocycles. The van der Waals surface area contributed by atoms with Crippen molar-refractivity contribution in [2.24, 2.45) is 0 Å². The van der Waals surface area contributed by atoms with Gasteiger partial charge in [-0.3, -0.25) is 0 Å². The molecule has 0 saturated carbocycles. The Bertz CT molecular complexity index is 801. The van der Waals surface area contributed by atoms with Crippen molar-refractivity contribution in [3.63, 3.8) is 0 Å². The molecule has 0 saturated heterocycles. The number of imidazole rings is 1. The minimum atomic E-state index is -0.142. The summed E-state index contributed by atoms with van der Waals surface area (Å²) in [6, 6.07) is -0.142. The highest BCUT2D eigenvalue weighted by molar-refractivity contribution is 5.89. The summed E-state index contributed by atoms with van der Waals surface area (Å²) in [6.07, 6.45) is 6.97. The number of hydrogen-bond acceptors (Lipinski definition) is 5. The van der Waals surface area contributed by atoms with Crippen LogP contribution < -0.4 is 16.4 Å². The number of nitrogens with zero attached hydrogens (tertiary/aromatic N) is 3. The number of carbonyl (C=O) groups excluding carboxylic acids is 1. The van der Waals surface area contributed by atoms with Crippen molar-refractivity contribution in [2.75, 3.05) is 33.0 Å². The SMILES string of the molecule is CNC(=O)NCCCCn1c(CCOC)nc2c(N)nc3c(c21)CCCC3. The Morgan fingerprint density at radius 2 is 2.07 bits per heavy atom. The number of amides is 2. The van der Waals surface area contributed by atoms with Crippen LogP contribution in [0.5, 0.6) is 0 Å². The van der Waals surface area contributed by atoms with Gasteiger partial charge in [-0.25, -0.2) is 14.8 Å². The van der Waals surface area contributed by atoms with E-state index in [4.69, 9.17) is 15.5 Å². The van der Waals surface area contributed by atoms with Crippen molar-refractivity contribution < 1.29 is 9.53 Å². The zero-order valence-electron chi connectivity index (χ0n) is 16.3. The summed E-state index contributed by atoms with van der Waals surface area (Å²) in [5, 5.41) is 5.40. The Kier molecular flexibility index (Phi) is 6.49. The van der Waals surface area contributed by atoms with Crippen LogP contribution in [-0.2, 0) is 30.5 Å². The zero-order valence-corrected chi connectivity index (χ0v) is 16.3. The number of nitrogen functional groups attached to an aromatic ring is 1. The average molecular weight is 374 g/mol. The number of pyridine rings is 1. The van der Waals surface area contributed by atoms with E-state index in [2.05, 4.69) is 20.2 Å². The third-order valence-electron chi connectivity index (χ3n) is 5.12. The Labute approximate surface area is 159 Å². The standard InChI is InChI=1S/C19H30N6O2/c1-21-19(26)22-10-5-6-11-25-15(9-12-27-2)24-16-17(25)13-7-3-4-8-14(13)23-18(16)20/h3-12H2,1-2H3,(H2,20,23)(H2,21,22,26). The molecule has 4 N–H and O–H groups in total. The van der Waals surface area contributed by atoms with E-state index in [1.807, 2.05) is 0 Å². The van der Waals surface area contributed by atoms with E-state index in [0.29, 0.717) is 19.0 Å². The number of rotatable bonds is 8. The molecule has 0 spiro atoms. The summed E-state index contributed by atoms with van der Waals surface area (Å²) in [4.78, 5) is 20.7. The lowest BCUT2D eigenvalue weighted by Gasteiger charge is -2.18. The monoisotopic (exact) mass is 374 g/mol.